The molecule has 5 nitrogen and oxygen atoms in total. The Hall–Kier alpha value is -1.76. The second-order valence-electron chi connectivity index (χ2n) is 5.88. The van der Waals surface area contributed by atoms with E-state index in [-0.39, 0.29) is 6.42 Å². The SMILES string of the molecule is CC[C@H](C(=O)Nc1ccccc1Cl)N(c1cc(Cl)ccc1C)S(C)(=O)=O. The number of aryl methyl sites for hydroxylation is 1. The highest BCUT2D eigenvalue weighted by Crippen LogP contribution is 2.30. The van der Waals surface area contributed by atoms with Crippen molar-refractivity contribution in [1.29, 1.82) is 0 Å². The third-order valence-electron chi connectivity index (χ3n) is 3.87. The summed E-state index contributed by atoms with van der Waals surface area (Å²) < 4.78 is 26.1. The van der Waals surface area contributed by atoms with E-state index in [4.69, 9.17) is 23.2 Å². The molecule has 0 aliphatic heterocycles. The Morgan fingerprint density at radius 3 is 2.42 bits per heavy atom. The van der Waals surface area contributed by atoms with Crippen LogP contribution in [0.2, 0.25) is 10.0 Å². The van der Waals surface area contributed by atoms with E-state index in [2.05, 4.69) is 5.32 Å². The minimum Gasteiger partial charge on any atom is -0.323 e. The Morgan fingerprint density at radius 1 is 1.19 bits per heavy atom. The molecular weight excluding hydrogens is 395 g/mol. The maximum Gasteiger partial charge on any atom is 0.248 e. The number of sulfonamides is 1. The molecule has 0 aromatic heterocycles. The smallest absolute Gasteiger partial charge is 0.248 e. The second-order valence-corrected chi connectivity index (χ2v) is 8.59. The number of nitrogens with zero attached hydrogens (tertiary/aromatic N) is 1. The highest BCUT2D eigenvalue weighted by atomic mass is 35.5. The van der Waals surface area contributed by atoms with Gasteiger partial charge in [-0.1, -0.05) is 48.3 Å². The predicted octanol–water partition coefficient (Wildman–Crippen LogP) is 4.49. The lowest BCUT2D eigenvalue weighted by molar-refractivity contribution is -0.117. The molecule has 140 valence electrons. The molecule has 1 amide bonds. The fraction of sp³-hybridized carbons (Fsp3) is 0.278. The molecule has 0 spiro atoms. The number of benzene rings is 2. The molecule has 2 rings (SSSR count). The van der Waals surface area contributed by atoms with Crippen molar-refractivity contribution in [3.05, 3.63) is 58.1 Å². The quantitative estimate of drug-likeness (QED) is 0.756. The number of nitrogens with one attached hydrogen (secondary N) is 1. The minimum absolute atomic E-state index is 0.273. The van der Waals surface area contributed by atoms with Gasteiger partial charge in [-0.3, -0.25) is 9.10 Å². The number of halogens is 2. The third-order valence-corrected chi connectivity index (χ3v) is 5.60. The van der Waals surface area contributed by atoms with E-state index in [1.165, 1.54) is 0 Å². The van der Waals surface area contributed by atoms with Gasteiger partial charge in [0.1, 0.15) is 6.04 Å². The predicted molar refractivity (Wildman–Crippen MR) is 108 cm³/mol. The van der Waals surface area contributed by atoms with Crippen molar-refractivity contribution in [2.24, 2.45) is 0 Å². The average Bonchev–Trinajstić information content (AvgIpc) is 2.56. The van der Waals surface area contributed by atoms with Crippen LogP contribution < -0.4 is 9.62 Å². The number of carbonyl (C=O) groups is 1. The van der Waals surface area contributed by atoms with Crippen LogP contribution in [0.4, 0.5) is 11.4 Å². The zero-order chi connectivity index (χ0) is 19.5. The van der Waals surface area contributed by atoms with Crippen molar-refractivity contribution in [3.63, 3.8) is 0 Å². The van der Waals surface area contributed by atoms with Crippen LogP contribution in [0.3, 0.4) is 0 Å². The lowest BCUT2D eigenvalue weighted by Crippen LogP contribution is -2.47. The van der Waals surface area contributed by atoms with E-state index >= 15 is 0 Å². The number of para-hydroxylation sites is 1. The number of hydrogen-bond donors (Lipinski definition) is 1. The highest BCUT2D eigenvalue weighted by molar-refractivity contribution is 7.92. The molecule has 0 unspecified atom stereocenters. The van der Waals surface area contributed by atoms with Gasteiger partial charge in [0, 0.05) is 5.02 Å². The van der Waals surface area contributed by atoms with Crippen LogP contribution in [-0.4, -0.2) is 26.6 Å². The van der Waals surface area contributed by atoms with Gasteiger partial charge in [0.05, 0.1) is 22.7 Å². The number of rotatable bonds is 6. The summed E-state index contributed by atoms with van der Waals surface area (Å²) in [7, 11) is -3.74. The van der Waals surface area contributed by atoms with Crippen LogP contribution >= 0.6 is 23.2 Å². The number of carbonyl (C=O) groups excluding carboxylic acids is 1. The fourth-order valence-electron chi connectivity index (χ4n) is 2.63. The Balaban J connectivity index is 2.47. The third kappa shape index (κ3) is 4.69. The lowest BCUT2D eigenvalue weighted by Gasteiger charge is -2.31. The van der Waals surface area contributed by atoms with Crippen LogP contribution in [0.15, 0.2) is 42.5 Å². The molecule has 0 aliphatic rings. The zero-order valence-corrected chi connectivity index (χ0v) is 17.0. The van der Waals surface area contributed by atoms with E-state index in [1.807, 2.05) is 0 Å². The summed E-state index contributed by atoms with van der Waals surface area (Å²) >= 11 is 12.1. The van der Waals surface area contributed by atoms with Crippen LogP contribution in [0.5, 0.6) is 0 Å². The number of amides is 1. The molecular formula is C18H20Cl2N2O3S. The molecule has 1 N–H and O–H groups in total. The van der Waals surface area contributed by atoms with Crippen LogP contribution in [0.1, 0.15) is 18.9 Å². The Labute approximate surface area is 164 Å². The molecule has 0 bridgehead atoms. The zero-order valence-electron chi connectivity index (χ0n) is 14.7. The first-order chi connectivity index (χ1) is 12.1. The van der Waals surface area contributed by atoms with Gasteiger partial charge in [-0.25, -0.2) is 8.42 Å². The van der Waals surface area contributed by atoms with Crippen molar-refractivity contribution in [3.8, 4) is 0 Å². The maximum atomic E-state index is 12.8. The van der Waals surface area contributed by atoms with Crippen molar-refractivity contribution >= 4 is 50.5 Å². The Bertz CT molecular complexity index is 916. The van der Waals surface area contributed by atoms with Gasteiger partial charge in [-0.15, -0.1) is 0 Å². The van der Waals surface area contributed by atoms with Crippen LogP contribution in [0.25, 0.3) is 0 Å². The van der Waals surface area contributed by atoms with E-state index in [9.17, 15) is 13.2 Å². The molecule has 0 aliphatic carbocycles. The van der Waals surface area contributed by atoms with E-state index < -0.39 is 22.0 Å². The summed E-state index contributed by atoms with van der Waals surface area (Å²) in [6.45, 7) is 3.51. The highest BCUT2D eigenvalue weighted by Gasteiger charge is 2.32. The van der Waals surface area contributed by atoms with E-state index in [0.717, 1.165) is 10.6 Å². The van der Waals surface area contributed by atoms with Gasteiger partial charge in [0.15, 0.2) is 0 Å². The molecule has 8 heteroatoms. The summed E-state index contributed by atoms with van der Waals surface area (Å²) in [5.41, 5.74) is 1.50. The van der Waals surface area contributed by atoms with Gasteiger partial charge >= 0.3 is 0 Å². The van der Waals surface area contributed by atoms with Crippen molar-refractivity contribution in [2.45, 2.75) is 26.3 Å². The summed E-state index contributed by atoms with van der Waals surface area (Å²) in [4.78, 5) is 12.8. The molecule has 0 saturated heterocycles. The molecule has 26 heavy (non-hydrogen) atoms. The van der Waals surface area contributed by atoms with Crippen LogP contribution in [-0.2, 0) is 14.8 Å². The standard InChI is InChI=1S/C18H20Cl2N2O3S/c1-4-16(18(23)21-15-8-6-5-7-14(15)20)22(26(3,24)25)17-11-13(19)10-9-12(17)2/h5-11,16H,4H2,1-3H3,(H,21,23)/t16-/m1/s1. The summed E-state index contributed by atoms with van der Waals surface area (Å²) in [6.07, 6.45) is 1.34. The Kier molecular flexibility index (Phi) is 6.55. The molecule has 1 atom stereocenters. The second kappa shape index (κ2) is 8.29. The summed E-state index contributed by atoms with van der Waals surface area (Å²) in [6, 6.07) is 10.8. The number of hydrogen-bond acceptors (Lipinski definition) is 3. The topological polar surface area (TPSA) is 66.5 Å². The van der Waals surface area contributed by atoms with Gasteiger partial charge in [-0.2, -0.15) is 0 Å². The van der Waals surface area contributed by atoms with E-state index in [1.54, 1.807) is 56.3 Å². The van der Waals surface area contributed by atoms with Gasteiger partial charge in [-0.05, 0) is 43.2 Å². The molecule has 2 aromatic rings. The van der Waals surface area contributed by atoms with Crippen molar-refractivity contribution in [2.75, 3.05) is 15.9 Å². The Morgan fingerprint density at radius 2 is 1.85 bits per heavy atom. The largest absolute Gasteiger partial charge is 0.323 e. The van der Waals surface area contributed by atoms with Crippen molar-refractivity contribution < 1.29 is 13.2 Å². The minimum atomic E-state index is -3.74. The fourth-order valence-corrected chi connectivity index (χ4v) is 4.24. The summed E-state index contributed by atoms with van der Waals surface area (Å²) in [5.74, 6) is -0.467. The maximum absolute atomic E-state index is 12.8. The van der Waals surface area contributed by atoms with Crippen molar-refractivity contribution in [1.82, 2.24) is 0 Å². The molecule has 0 heterocycles. The van der Waals surface area contributed by atoms with Crippen LogP contribution in [0, 0.1) is 6.92 Å². The van der Waals surface area contributed by atoms with Gasteiger partial charge in [0.2, 0.25) is 15.9 Å². The number of anilines is 2. The first kappa shape index (κ1) is 20.6. The first-order valence-corrected chi connectivity index (χ1v) is 10.6. The molecule has 2 aromatic carbocycles. The van der Waals surface area contributed by atoms with Gasteiger partial charge < -0.3 is 5.32 Å². The normalized spacial score (nSPS) is 12.5. The van der Waals surface area contributed by atoms with Gasteiger partial charge in [0.25, 0.3) is 0 Å². The summed E-state index contributed by atoms with van der Waals surface area (Å²) in [5, 5.41) is 3.47. The molecule has 0 saturated carbocycles. The monoisotopic (exact) mass is 414 g/mol. The average molecular weight is 415 g/mol. The first-order valence-electron chi connectivity index (χ1n) is 7.96. The van der Waals surface area contributed by atoms with E-state index in [0.29, 0.717) is 27.0 Å². The molecule has 0 radical (unpaired) electrons. The lowest BCUT2D eigenvalue weighted by atomic mass is 10.1. The molecule has 0 fully saturated rings.